The molecule has 0 heterocycles. The summed E-state index contributed by atoms with van der Waals surface area (Å²) in [7, 11) is 0. The van der Waals surface area contributed by atoms with Crippen LogP contribution in [0.4, 0.5) is 4.39 Å². The van der Waals surface area contributed by atoms with Crippen LogP contribution in [0.5, 0.6) is 0 Å². The fraction of sp³-hybridized carbons (Fsp3) is 0.556. The van der Waals surface area contributed by atoms with Gasteiger partial charge < -0.3 is 0 Å². The number of hydrogen-bond acceptors (Lipinski definition) is 0. The van der Waals surface area contributed by atoms with Crippen molar-refractivity contribution in [1.29, 1.82) is 0 Å². The summed E-state index contributed by atoms with van der Waals surface area (Å²) in [6.45, 7) is 5.30. The molecule has 0 fully saturated rings. The highest BCUT2D eigenvalue weighted by atomic mass is 79.9. The van der Waals surface area contributed by atoms with Crippen molar-refractivity contribution in [3.8, 4) is 0 Å². The van der Waals surface area contributed by atoms with E-state index in [1.54, 1.807) is 19.1 Å². The summed E-state index contributed by atoms with van der Waals surface area (Å²) in [6, 6.07) is 0. The van der Waals surface area contributed by atoms with E-state index in [1.165, 1.54) is 0 Å². The molecular formula is C9H14BrF. The Morgan fingerprint density at radius 2 is 2.36 bits per heavy atom. The van der Waals surface area contributed by atoms with E-state index in [0.717, 1.165) is 17.3 Å². The second-order valence-electron chi connectivity index (χ2n) is 2.45. The maximum Gasteiger partial charge on any atom is 0.121 e. The van der Waals surface area contributed by atoms with Crippen LogP contribution in [0.2, 0.25) is 0 Å². The third kappa shape index (κ3) is 5.19. The predicted octanol–water partition coefficient (Wildman–Crippen LogP) is 3.63. The molecule has 0 spiro atoms. The van der Waals surface area contributed by atoms with Crippen molar-refractivity contribution >= 4 is 15.9 Å². The Kier molecular flexibility index (Phi) is 6.52. The molecule has 11 heavy (non-hydrogen) atoms. The first kappa shape index (κ1) is 10.9. The Hall–Kier alpha value is -0.110. The minimum atomic E-state index is -0.800. The molecule has 0 aliphatic rings. The van der Waals surface area contributed by atoms with Gasteiger partial charge in [-0.2, -0.15) is 0 Å². The fourth-order valence-corrected chi connectivity index (χ4v) is 1.10. The van der Waals surface area contributed by atoms with Gasteiger partial charge in [-0.25, -0.2) is 4.39 Å². The predicted molar refractivity (Wildman–Crippen MR) is 51.9 cm³/mol. The molecule has 0 nitrogen and oxygen atoms in total. The van der Waals surface area contributed by atoms with Crippen molar-refractivity contribution in [1.82, 2.24) is 0 Å². The molecule has 0 N–H and O–H groups in total. The van der Waals surface area contributed by atoms with Gasteiger partial charge in [-0.15, -0.1) is 0 Å². The number of alkyl halides is 2. The summed E-state index contributed by atoms with van der Waals surface area (Å²) < 4.78 is 13.0. The lowest BCUT2D eigenvalue weighted by molar-refractivity contribution is 0.359. The van der Waals surface area contributed by atoms with Crippen molar-refractivity contribution in [3.05, 3.63) is 24.3 Å². The van der Waals surface area contributed by atoms with E-state index < -0.39 is 6.17 Å². The zero-order valence-corrected chi connectivity index (χ0v) is 8.40. The molecule has 0 aromatic heterocycles. The largest absolute Gasteiger partial charge is 0.243 e. The van der Waals surface area contributed by atoms with Gasteiger partial charge in [-0.05, 0) is 25.3 Å². The van der Waals surface area contributed by atoms with Crippen LogP contribution < -0.4 is 0 Å². The van der Waals surface area contributed by atoms with E-state index in [9.17, 15) is 4.39 Å². The fourth-order valence-electron chi connectivity index (χ4n) is 0.774. The van der Waals surface area contributed by atoms with Gasteiger partial charge in [-0.1, -0.05) is 34.7 Å². The monoisotopic (exact) mass is 220 g/mol. The summed E-state index contributed by atoms with van der Waals surface area (Å²) in [5, 5.41) is 0.870. The van der Waals surface area contributed by atoms with Crippen molar-refractivity contribution < 1.29 is 4.39 Å². The van der Waals surface area contributed by atoms with Crippen molar-refractivity contribution in [2.45, 2.75) is 25.9 Å². The molecule has 2 heteroatoms. The zero-order chi connectivity index (χ0) is 8.69. The topological polar surface area (TPSA) is 0 Å². The van der Waals surface area contributed by atoms with Crippen LogP contribution in [0.3, 0.4) is 0 Å². The molecule has 0 aliphatic heterocycles. The Bertz CT molecular complexity index is 140. The maximum atomic E-state index is 13.0. The molecule has 0 bridgehead atoms. The Labute approximate surface area is 76.3 Å². The first-order valence-electron chi connectivity index (χ1n) is 3.71. The standard InChI is InChI=1S/C9H14BrF/c1-3-5-8(2)9(11)6-4-7-10/h3,5,9H,1,4,6-7H2,2H3/b8-5+. The van der Waals surface area contributed by atoms with E-state index in [2.05, 4.69) is 22.5 Å². The molecule has 0 radical (unpaired) electrons. The van der Waals surface area contributed by atoms with Gasteiger partial charge in [0.15, 0.2) is 0 Å². The molecule has 0 saturated carbocycles. The lowest BCUT2D eigenvalue weighted by Crippen LogP contribution is -2.01. The summed E-state index contributed by atoms with van der Waals surface area (Å²) in [5.41, 5.74) is 0.765. The van der Waals surface area contributed by atoms with Gasteiger partial charge in [-0.3, -0.25) is 0 Å². The Balaban J connectivity index is 3.72. The quantitative estimate of drug-likeness (QED) is 0.491. The van der Waals surface area contributed by atoms with E-state index in [-0.39, 0.29) is 0 Å². The first-order chi connectivity index (χ1) is 5.22. The van der Waals surface area contributed by atoms with Crippen LogP contribution in [0.25, 0.3) is 0 Å². The summed E-state index contributed by atoms with van der Waals surface area (Å²) in [5.74, 6) is 0. The average Bonchev–Trinajstić information content (AvgIpc) is 2.00. The normalized spacial score (nSPS) is 14.6. The highest BCUT2D eigenvalue weighted by Crippen LogP contribution is 2.12. The van der Waals surface area contributed by atoms with Gasteiger partial charge in [0.25, 0.3) is 0 Å². The lowest BCUT2D eigenvalue weighted by atomic mass is 10.1. The first-order valence-corrected chi connectivity index (χ1v) is 4.83. The zero-order valence-electron chi connectivity index (χ0n) is 6.82. The van der Waals surface area contributed by atoms with Gasteiger partial charge in [0, 0.05) is 5.33 Å². The number of rotatable bonds is 5. The summed E-state index contributed by atoms with van der Waals surface area (Å²) in [4.78, 5) is 0. The lowest BCUT2D eigenvalue weighted by Gasteiger charge is -2.05. The van der Waals surface area contributed by atoms with Gasteiger partial charge in [0.2, 0.25) is 0 Å². The molecule has 0 aromatic carbocycles. The van der Waals surface area contributed by atoms with Crippen molar-refractivity contribution in [2.24, 2.45) is 0 Å². The third-order valence-corrected chi connectivity index (χ3v) is 2.03. The molecule has 64 valence electrons. The molecule has 1 atom stereocenters. The highest BCUT2D eigenvalue weighted by Gasteiger charge is 2.06. The van der Waals surface area contributed by atoms with Crippen molar-refractivity contribution in [2.75, 3.05) is 5.33 Å². The smallest absolute Gasteiger partial charge is 0.121 e. The second kappa shape index (κ2) is 6.59. The van der Waals surface area contributed by atoms with Gasteiger partial charge in [0.05, 0.1) is 0 Å². The van der Waals surface area contributed by atoms with Gasteiger partial charge in [0.1, 0.15) is 6.17 Å². The van der Waals surface area contributed by atoms with Crippen LogP contribution in [-0.2, 0) is 0 Å². The molecule has 0 rings (SSSR count). The van der Waals surface area contributed by atoms with Crippen LogP contribution in [0.15, 0.2) is 24.3 Å². The highest BCUT2D eigenvalue weighted by molar-refractivity contribution is 9.09. The van der Waals surface area contributed by atoms with Gasteiger partial charge >= 0.3 is 0 Å². The minimum Gasteiger partial charge on any atom is -0.243 e. The molecule has 0 aliphatic carbocycles. The summed E-state index contributed by atoms with van der Waals surface area (Å²) >= 11 is 3.26. The second-order valence-corrected chi connectivity index (χ2v) is 3.24. The van der Waals surface area contributed by atoms with E-state index >= 15 is 0 Å². The Morgan fingerprint density at radius 3 is 2.82 bits per heavy atom. The molecule has 0 aromatic rings. The number of allylic oxidation sites excluding steroid dienone is 3. The minimum absolute atomic E-state index is 0.599. The van der Waals surface area contributed by atoms with Crippen LogP contribution >= 0.6 is 15.9 Å². The molecule has 0 amide bonds. The van der Waals surface area contributed by atoms with E-state index in [1.807, 2.05) is 0 Å². The SMILES string of the molecule is C=C/C=C(\C)C(F)CCCBr. The van der Waals surface area contributed by atoms with E-state index in [4.69, 9.17) is 0 Å². The van der Waals surface area contributed by atoms with Crippen LogP contribution in [0.1, 0.15) is 19.8 Å². The number of halogens is 2. The van der Waals surface area contributed by atoms with Crippen molar-refractivity contribution in [3.63, 3.8) is 0 Å². The summed E-state index contributed by atoms with van der Waals surface area (Å²) in [6.07, 6.45) is 4.02. The van der Waals surface area contributed by atoms with Crippen LogP contribution in [0, 0.1) is 0 Å². The third-order valence-electron chi connectivity index (χ3n) is 1.47. The van der Waals surface area contributed by atoms with Crippen LogP contribution in [-0.4, -0.2) is 11.5 Å². The number of hydrogen-bond donors (Lipinski definition) is 0. The molecule has 1 unspecified atom stereocenters. The maximum absolute atomic E-state index is 13.0. The van der Waals surface area contributed by atoms with E-state index in [0.29, 0.717) is 6.42 Å². The average molecular weight is 221 g/mol. The Morgan fingerprint density at radius 1 is 1.73 bits per heavy atom. The molecular weight excluding hydrogens is 207 g/mol. The molecule has 0 saturated heterocycles.